The van der Waals surface area contributed by atoms with Crippen molar-refractivity contribution in [3.8, 4) is 0 Å². The van der Waals surface area contributed by atoms with E-state index in [0.29, 0.717) is 5.95 Å². The molecule has 0 atom stereocenters. The zero-order valence-electron chi connectivity index (χ0n) is 8.79. The fraction of sp³-hybridized carbons (Fsp3) is 0.333. The Morgan fingerprint density at radius 1 is 1.33 bits per heavy atom. The first-order chi connectivity index (χ1) is 6.97. The van der Waals surface area contributed by atoms with E-state index in [-0.39, 0.29) is 11.0 Å². The van der Waals surface area contributed by atoms with Gasteiger partial charge < -0.3 is 10.6 Å². The molecule has 80 valence electrons. The molecular formula is C9H12N4OS. The Labute approximate surface area is 93.3 Å². The van der Waals surface area contributed by atoms with E-state index in [0.717, 1.165) is 11.4 Å². The molecule has 0 aliphatic carbocycles. The standard InChI is InChI=1S/C9H12N4OS/c1-5-4-6(2)11-8(10-5)13-9(15)12-7(3)14/h4H,1-3H3,(H2,10,11,12,13,14,15). The Bertz CT molecular complexity index is 385. The number of hydrogen-bond acceptors (Lipinski definition) is 4. The molecule has 0 fully saturated rings. The maximum atomic E-state index is 10.7. The van der Waals surface area contributed by atoms with Crippen molar-refractivity contribution in [2.75, 3.05) is 5.32 Å². The number of nitrogens with one attached hydrogen (secondary N) is 2. The second-order valence-electron chi connectivity index (χ2n) is 3.11. The molecule has 15 heavy (non-hydrogen) atoms. The largest absolute Gasteiger partial charge is 0.303 e. The zero-order valence-corrected chi connectivity index (χ0v) is 9.60. The van der Waals surface area contributed by atoms with Crippen molar-refractivity contribution >= 4 is 29.2 Å². The summed E-state index contributed by atoms with van der Waals surface area (Å²) in [5, 5.41) is 5.37. The number of rotatable bonds is 1. The normalized spacial score (nSPS) is 9.53. The van der Waals surface area contributed by atoms with Crippen molar-refractivity contribution in [2.24, 2.45) is 0 Å². The van der Waals surface area contributed by atoms with Crippen molar-refractivity contribution in [3.63, 3.8) is 0 Å². The summed E-state index contributed by atoms with van der Waals surface area (Å²) in [5.74, 6) is 0.170. The number of hydrogen-bond donors (Lipinski definition) is 2. The summed E-state index contributed by atoms with van der Waals surface area (Å²) in [6.07, 6.45) is 0. The summed E-state index contributed by atoms with van der Waals surface area (Å²) in [5.41, 5.74) is 1.69. The Hall–Kier alpha value is -1.56. The quantitative estimate of drug-likeness (QED) is 0.694. The maximum Gasteiger partial charge on any atom is 0.229 e. The Kier molecular flexibility index (Phi) is 3.68. The Balaban J connectivity index is 2.72. The number of amides is 1. The molecule has 2 N–H and O–H groups in total. The van der Waals surface area contributed by atoms with Gasteiger partial charge in [-0.25, -0.2) is 9.97 Å². The highest BCUT2D eigenvalue weighted by Crippen LogP contribution is 2.03. The lowest BCUT2D eigenvalue weighted by molar-refractivity contribution is -0.117. The predicted octanol–water partition coefficient (Wildman–Crippen LogP) is 0.926. The minimum atomic E-state index is -0.225. The number of carbonyl (C=O) groups excluding carboxylic acids is 1. The second-order valence-corrected chi connectivity index (χ2v) is 3.52. The van der Waals surface area contributed by atoms with Gasteiger partial charge in [-0.15, -0.1) is 0 Å². The molecule has 0 aromatic carbocycles. The molecular weight excluding hydrogens is 212 g/mol. The third kappa shape index (κ3) is 3.99. The zero-order chi connectivity index (χ0) is 11.4. The van der Waals surface area contributed by atoms with Crippen LogP contribution in [0.2, 0.25) is 0 Å². The molecule has 0 aliphatic heterocycles. The van der Waals surface area contributed by atoms with Gasteiger partial charge in [-0.05, 0) is 32.1 Å². The number of carbonyl (C=O) groups is 1. The van der Waals surface area contributed by atoms with Gasteiger partial charge in [0.1, 0.15) is 0 Å². The van der Waals surface area contributed by atoms with Gasteiger partial charge in [0.2, 0.25) is 11.9 Å². The van der Waals surface area contributed by atoms with Gasteiger partial charge in [0, 0.05) is 18.3 Å². The molecule has 1 amide bonds. The van der Waals surface area contributed by atoms with Crippen LogP contribution in [-0.4, -0.2) is 21.0 Å². The average Bonchev–Trinajstić information content (AvgIpc) is 1.98. The maximum absolute atomic E-state index is 10.7. The van der Waals surface area contributed by atoms with Crippen molar-refractivity contribution in [1.29, 1.82) is 0 Å². The molecule has 0 radical (unpaired) electrons. The summed E-state index contributed by atoms with van der Waals surface area (Å²) in [7, 11) is 0. The molecule has 0 unspecified atom stereocenters. The molecule has 0 aliphatic rings. The average molecular weight is 224 g/mol. The van der Waals surface area contributed by atoms with Crippen molar-refractivity contribution in [2.45, 2.75) is 20.8 Å². The minimum Gasteiger partial charge on any atom is -0.303 e. The second kappa shape index (κ2) is 4.79. The van der Waals surface area contributed by atoms with Crippen LogP contribution >= 0.6 is 12.2 Å². The van der Waals surface area contributed by atoms with Gasteiger partial charge >= 0.3 is 0 Å². The van der Waals surface area contributed by atoms with E-state index in [2.05, 4.69) is 20.6 Å². The Morgan fingerprint density at radius 2 is 1.87 bits per heavy atom. The molecule has 0 bridgehead atoms. The summed E-state index contributed by atoms with van der Waals surface area (Å²) in [6, 6.07) is 1.85. The van der Waals surface area contributed by atoms with E-state index >= 15 is 0 Å². The highest BCUT2D eigenvalue weighted by Gasteiger charge is 2.03. The van der Waals surface area contributed by atoms with E-state index in [1.54, 1.807) is 0 Å². The van der Waals surface area contributed by atoms with Gasteiger partial charge in [-0.1, -0.05) is 0 Å². The number of anilines is 1. The number of aromatic nitrogens is 2. The monoisotopic (exact) mass is 224 g/mol. The van der Waals surface area contributed by atoms with Crippen molar-refractivity contribution in [1.82, 2.24) is 15.3 Å². The molecule has 0 spiro atoms. The van der Waals surface area contributed by atoms with Crippen LogP contribution in [-0.2, 0) is 4.79 Å². The Morgan fingerprint density at radius 3 is 2.33 bits per heavy atom. The van der Waals surface area contributed by atoms with Gasteiger partial charge in [-0.3, -0.25) is 4.79 Å². The van der Waals surface area contributed by atoms with Crippen LogP contribution in [0.15, 0.2) is 6.07 Å². The van der Waals surface area contributed by atoms with Crippen molar-refractivity contribution < 1.29 is 4.79 Å². The lowest BCUT2D eigenvalue weighted by Gasteiger charge is -2.07. The lowest BCUT2D eigenvalue weighted by atomic mass is 10.4. The predicted molar refractivity (Wildman–Crippen MR) is 61.5 cm³/mol. The van der Waals surface area contributed by atoms with Gasteiger partial charge in [0.05, 0.1) is 0 Å². The van der Waals surface area contributed by atoms with Crippen LogP contribution in [0.25, 0.3) is 0 Å². The summed E-state index contributed by atoms with van der Waals surface area (Å²) >= 11 is 4.88. The summed E-state index contributed by atoms with van der Waals surface area (Å²) in [6.45, 7) is 5.11. The van der Waals surface area contributed by atoms with Crippen LogP contribution in [0.3, 0.4) is 0 Å². The highest BCUT2D eigenvalue weighted by atomic mass is 32.1. The van der Waals surface area contributed by atoms with E-state index < -0.39 is 0 Å². The van der Waals surface area contributed by atoms with Crippen LogP contribution in [0, 0.1) is 13.8 Å². The summed E-state index contributed by atoms with van der Waals surface area (Å²) < 4.78 is 0. The van der Waals surface area contributed by atoms with Gasteiger partial charge in [-0.2, -0.15) is 0 Å². The number of thiocarbonyl (C=S) groups is 1. The molecule has 0 saturated carbocycles. The molecule has 1 heterocycles. The topological polar surface area (TPSA) is 66.9 Å². The molecule has 6 heteroatoms. The first-order valence-electron chi connectivity index (χ1n) is 4.38. The molecule has 0 saturated heterocycles. The van der Waals surface area contributed by atoms with E-state index in [1.807, 2.05) is 19.9 Å². The van der Waals surface area contributed by atoms with E-state index in [9.17, 15) is 4.79 Å². The molecule has 1 aromatic heterocycles. The van der Waals surface area contributed by atoms with Gasteiger partial charge in [0.15, 0.2) is 5.11 Å². The first-order valence-corrected chi connectivity index (χ1v) is 4.79. The van der Waals surface area contributed by atoms with E-state index in [1.165, 1.54) is 6.92 Å². The molecule has 1 rings (SSSR count). The third-order valence-corrected chi connectivity index (χ3v) is 1.70. The lowest BCUT2D eigenvalue weighted by Crippen LogP contribution is -2.32. The number of nitrogens with zero attached hydrogens (tertiary/aromatic N) is 2. The first kappa shape index (κ1) is 11.5. The van der Waals surface area contributed by atoms with Crippen LogP contribution in [0.5, 0.6) is 0 Å². The van der Waals surface area contributed by atoms with E-state index in [4.69, 9.17) is 12.2 Å². The van der Waals surface area contributed by atoms with Crippen LogP contribution in [0.4, 0.5) is 5.95 Å². The fourth-order valence-electron chi connectivity index (χ4n) is 1.07. The fourth-order valence-corrected chi connectivity index (χ4v) is 1.31. The van der Waals surface area contributed by atoms with Crippen molar-refractivity contribution in [3.05, 3.63) is 17.5 Å². The highest BCUT2D eigenvalue weighted by molar-refractivity contribution is 7.80. The van der Waals surface area contributed by atoms with Gasteiger partial charge in [0.25, 0.3) is 0 Å². The summed E-state index contributed by atoms with van der Waals surface area (Å²) in [4.78, 5) is 18.9. The number of aryl methyl sites for hydroxylation is 2. The minimum absolute atomic E-state index is 0.201. The van der Waals surface area contributed by atoms with Crippen LogP contribution < -0.4 is 10.6 Å². The smallest absolute Gasteiger partial charge is 0.229 e. The molecule has 1 aromatic rings. The van der Waals surface area contributed by atoms with Crippen LogP contribution in [0.1, 0.15) is 18.3 Å². The SMILES string of the molecule is CC(=O)NC(=S)Nc1nc(C)cc(C)n1. The molecule has 5 nitrogen and oxygen atoms in total. The third-order valence-electron chi connectivity index (χ3n) is 1.50.